The van der Waals surface area contributed by atoms with Crippen LogP contribution in [0.1, 0.15) is 18.4 Å². The highest BCUT2D eigenvalue weighted by molar-refractivity contribution is 7.91. The number of piperidine rings is 1. The summed E-state index contributed by atoms with van der Waals surface area (Å²) in [5.41, 5.74) is 0.834. The predicted molar refractivity (Wildman–Crippen MR) is 97.9 cm³/mol. The van der Waals surface area contributed by atoms with Gasteiger partial charge in [0.05, 0.1) is 10.6 Å². The largest absolute Gasteiger partial charge is 0.381 e. The first-order chi connectivity index (χ1) is 13.3. The minimum Gasteiger partial charge on any atom is -0.381 e. The quantitative estimate of drug-likeness (QED) is 0.723. The molecule has 152 valence electrons. The van der Waals surface area contributed by atoms with Gasteiger partial charge in [0.1, 0.15) is 0 Å². The van der Waals surface area contributed by atoms with Crippen LogP contribution in [0.25, 0.3) is 0 Å². The molecule has 0 unspecified atom stereocenters. The van der Waals surface area contributed by atoms with Crippen LogP contribution in [0.5, 0.6) is 0 Å². The summed E-state index contributed by atoms with van der Waals surface area (Å²) in [6, 6.07) is 9.37. The van der Waals surface area contributed by atoms with Gasteiger partial charge in [0.2, 0.25) is 9.84 Å². The van der Waals surface area contributed by atoms with Crippen LogP contribution in [0.4, 0.5) is 23.2 Å². The molecule has 2 aromatic rings. The first-order valence-electron chi connectivity index (χ1n) is 8.81. The fourth-order valence-corrected chi connectivity index (χ4v) is 4.18. The third-order valence-electron chi connectivity index (χ3n) is 4.77. The summed E-state index contributed by atoms with van der Waals surface area (Å²) in [5, 5.41) is 3.06. The van der Waals surface area contributed by atoms with Crippen molar-refractivity contribution in [2.75, 3.05) is 18.4 Å². The summed E-state index contributed by atoms with van der Waals surface area (Å²) >= 11 is 0. The van der Waals surface area contributed by atoms with E-state index in [0.29, 0.717) is 38.0 Å². The molecule has 1 aliphatic rings. The van der Waals surface area contributed by atoms with E-state index in [-0.39, 0.29) is 11.7 Å². The minimum absolute atomic E-state index is 0.0739. The molecule has 0 atom stereocenters. The molecule has 28 heavy (non-hydrogen) atoms. The Bertz CT molecular complexity index is 929. The lowest BCUT2D eigenvalue weighted by molar-refractivity contribution is 0.211. The zero-order valence-corrected chi connectivity index (χ0v) is 15.7. The zero-order chi connectivity index (χ0) is 20.3. The Morgan fingerprint density at radius 3 is 2.36 bits per heavy atom. The van der Waals surface area contributed by atoms with E-state index in [0.717, 1.165) is 6.07 Å². The van der Waals surface area contributed by atoms with Crippen LogP contribution in [-0.2, 0) is 16.4 Å². The number of anilines is 1. The molecule has 2 aromatic carbocycles. The van der Waals surface area contributed by atoms with Crippen molar-refractivity contribution in [3.05, 3.63) is 59.7 Å². The Morgan fingerprint density at radius 1 is 1.04 bits per heavy atom. The Kier molecular flexibility index (Phi) is 6.24. The van der Waals surface area contributed by atoms with Gasteiger partial charge >= 0.3 is 5.76 Å². The third kappa shape index (κ3) is 4.64. The highest BCUT2D eigenvalue weighted by Gasteiger charge is 2.30. The van der Waals surface area contributed by atoms with Crippen molar-refractivity contribution in [2.24, 2.45) is 0 Å². The Labute approximate surface area is 161 Å². The van der Waals surface area contributed by atoms with Crippen LogP contribution in [0, 0.1) is 11.6 Å². The maximum absolute atomic E-state index is 13.3. The van der Waals surface area contributed by atoms with E-state index in [9.17, 15) is 26.0 Å². The number of halogens is 4. The highest BCUT2D eigenvalue weighted by Crippen LogP contribution is 2.28. The number of hydrogen-bond acceptors (Lipinski definition) is 4. The van der Waals surface area contributed by atoms with Gasteiger partial charge in [-0.2, -0.15) is 8.78 Å². The van der Waals surface area contributed by atoms with Gasteiger partial charge in [0.15, 0.2) is 11.6 Å². The summed E-state index contributed by atoms with van der Waals surface area (Å²) in [7, 11) is -4.69. The van der Waals surface area contributed by atoms with Crippen molar-refractivity contribution in [1.29, 1.82) is 0 Å². The second-order valence-electron chi connectivity index (χ2n) is 6.75. The van der Waals surface area contributed by atoms with Gasteiger partial charge < -0.3 is 5.32 Å². The lowest BCUT2D eigenvalue weighted by atomic mass is 10.0. The number of benzene rings is 2. The van der Waals surface area contributed by atoms with Crippen molar-refractivity contribution in [2.45, 2.75) is 36.1 Å². The topological polar surface area (TPSA) is 49.4 Å². The van der Waals surface area contributed by atoms with E-state index >= 15 is 0 Å². The lowest BCUT2D eigenvalue weighted by Crippen LogP contribution is -2.38. The molecular weight excluding hydrogens is 396 g/mol. The van der Waals surface area contributed by atoms with Gasteiger partial charge in [-0.3, -0.25) is 4.90 Å². The molecule has 9 heteroatoms. The van der Waals surface area contributed by atoms with Gasteiger partial charge in [-0.25, -0.2) is 17.2 Å². The maximum Gasteiger partial charge on any atom is 0.341 e. The number of rotatable bonds is 6. The standard InChI is InChI=1S/C19H20F4N2O2S/c20-15-6-5-13(11-16(15)21)12-25-9-7-14(8-10-25)24-17-3-1-2-4-18(17)28(26,27)19(22)23/h1-6,11,14,19,24H,7-10,12H2. The summed E-state index contributed by atoms with van der Waals surface area (Å²) < 4.78 is 75.8. The average Bonchev–Trinajstić information content (AvgIpc) is 2.66. The van der Waals surface area contributed by atoms with Crippen LogP contribution in [0.15, 0.2) is 47.4 Å². The number of likely N-dealkylation sites (tertiary alicyclic amines) is 1. The normalized spacial score (nSPS) is 16.5. The summed E-state index contributed by atoms with van der Waals surface area (Å²) in [6.07, 6.45) is 1.32. The molecule has 3 rings (SSSR count). The molecule has 0 spiro atoms. The molecule has 1 saturated heterocycles. The van der Waals surface area contributed by atoms with Crippen molar-refractivity contribution < 1.29 is 26.0 Å². The van der Waals surface area contributed by atoms with E-state index in [2.05, 4.69) is 10.2 Å². The van der Waals surface area contributed by atoms with Crippen LogP contribution < -0.4 is 5.32 Å². The van der Waals surface area contributed by atoms with Crippen LogP contribution >= 0.6 is 0 Å². The first-order valence-corrected chi connectivity index (χ1v) is 10.4. The number of nitrogens with zero attached hydrogens (tertiary/aromatic N) is 1. The smallest absolute Gasteiger partial charge is 0.341 e. The predicted octanol–water partition coefficient (Wildman–Crippen LogP) is 4.04. The number of sulfone groups is 1. The van der Waals surface area contributed by atoms with Crippen molar-refractivity contribution in [3.63, 3.8) is 0 Å². The molecular formula is C19H20F4N2O2S. The Hall–Kier alpha value is -2.13. The molecule has 0 saturated carbocycles. The summed E-state index contributed by atoms with van der Waals surface area (Å²) in [6.45, 7) is 1.78. The fraction of sp³-hybridized carbons (Fsp3) is 0.368. The number of alkyl halides is 2. The molecule has 0 bridgehead atoms. The van der Waals surface area contributed by atoms with Crippen molar-refractivity contribution >= 4 is 15.5 Å². The minimum atomic E-state index is -4.69. The zero-order valence-electron chi connectivity index (χ0n) is 14.9. The average molecular weight is 416 g/mol. The number of hydrogen-bond donors (Lipinski definition) is 1. The lowest BCUT2D eigenvalue weighted by Gasteiger charge is -2.33. The Balaban J connectivity index is 1.61. The molecule has 1 heterocycles. The monoisotopic (exact) mass is 416 g/mol. The molecule has 0 aliphatic carbocycles. The first kappa shape index (κ1) is 20.6. The van der Waals surface area contributed by atoms with Crippen LogP contribution in [-0.4, -0.2) is 38.2 Å². The van der Waals surface area contributed by atoms with E-state index < -0.39 is 32.1 Å². The van der Waals surface area contributed by atoms with Gasteiger partial charge in [-0.05, 0) is 42.7 Å². The number of nitrogens with one attached hydrogen (secondary N) is 1. The van der Waals surface area contributed by atoms with Crippen LogP contribution in [0.2, 0.25) is 0 Å². The van der Waals surface area contributed by atoms with Gasteiger partial charge in [0, 0.05) is 25.7 Å². The molecule has 1 N–H and O–H groups in total. The van der Waals surface area contributed by atoms with Crippen molar-refractivity contribution in [1.82, 2.24) is 4.90 Å². The SMILES string of the molecule is O=S(=O)(c1ccccc1NC1CCN(Cc2ccc(F)c(F)c2)CC1)C(F)F. The second kappa shape index (κ2) is 8.48. The summed E-state index contributed by atoms with van der Waals surface area (Å²) in [5.74, 6) is -5.25. The maximum atomic E-state index is 13.3. The van der Waals surface area contributed by atoms with Crippen LogP contribution in [0.3, 0.4) is 0 Å². The molecule has 0 amide bonds. The third-order valence-corrected chi connectivity index (χ3v) is 6.20. The van der Waals surface area contributed by atoms with E-state index in [4.69, 9.17) is 0 Å². The molecule has 4 nitrogen and oxygen atoms in total. The van der Waals surface area contributed by atoms with E-state index in [1.54, 1.807) is 6.07 Å². The van der Waals surface area contributed by atoms with Crippen molar-refractivity contribution in [3.8, 4) is 0 Å². The second-order valence-corrected chi connectivity index (χ2v) is 8.63. The van der Waals surface area contributed by atoms with Gasteiger partial charge in [-0.15, -0.1) is 0 Å². The summed E-state index contributed by atoms with van der Waals surface area (Å²) in [4.78, 5) is 1.67. The highest BCUT2D eigenvalue weighted by atomic mass is 32.2. The van der Waals surface area contributed by atoms with Gasteiger partial charge in [0.25, 0.3) is 0 Å². The fourth-order valence-electron chi connectivity index (χ4n) is 3.28. The number of para-hydroxylation sites is 1. The molecule has 1 aliphatic heterocycles. The van der Waals surface area contributed by atoms with E-state index in [1.807, 2.05) is 0 Å². The molecule has 0 radical (unpaired) electrons. The van der Waals surface area contributed by atoms with E-state index in [1.165, 1.54) is 30.3 Å². The van der Waals surface area contributed by atoms with Gasteiger partial charge in [-0.1, -0.05) is 18.2 Å². The molecule has 1 fully saturated rings. The Morgan fingerprint density at radius 2 is 1.71 bits per heavy atom. The molecule has 0 aromatic heterocycles.